The molecule has 0 aromatic heterocycles. The monoisotopic (exact) mass is 400 g/mol. The van der Waals surface area contributed by atoms with Gasteiger partial charge in [-0.25, -0.2) is 16.8 Å². The quantitative estimate of drug-likeness (QED) is 0.767. The van der Waals surface area contributed by atoms with Crippen LogP contribution in [0.2, 0.25) is 0 Å². The lowest BCUT2D eigenvalue weighted by Gasteiger charge is -2.40. The van der Waals surface area contributed by atoms with Crippen LogP contribution >= 0.6 is 0 Å². The topological polar surface area (TPSA) is 74.8 Å². The molecule has 0 unspecified atom stereocenters. The average molecular weight is 401 g/mol. The SMILES string of the molecule is CC(C)CN1CCS(=O)(=O)[C@@H]2CCN(S(=O)(=O)c3ccccc3)CC[C@@H]21. The zero-order valence-electron chi connectivity index (χ0n) is 15.4. The average Bonchev–Trinajstić information content (AvgIpc) is 2.83. The molecule has 0 aliphatic carbocycles. The van der Waals surface area contributed by atoms with Crippen LogP contribution in [0.1, 0.15) is 26.7 Å². The van der Waals surface area contributed by atoms with Gasteiger partial charge in [0.2, 0.25) is 10.0 Å². The zero-order valence-corrected chi connectivity index (χ0v) is 17.0. The first-order chi connectivity index (χ1) is 12.2. The molecule has 2 aliphatic heterocycles. The van der Waals surface area contributed by atoms with Gasteiger partial charge in [0.1, 0.15) is 0 Å². The number of hydrogen-bond donors (Lipinski definition) is 0. The molecule has 2 fully saturated rings. The second-order valence-electron chi connectivity index (χ2n) is 7.66. The first-order valence-corrected chi connectivity index (χ1v) is 12.4. The molecule has 8 heteroatoms. The fourth-order valence-electron chi connectivity index (χ4n) is 4.11. The Morgan fingerprint density at radius 2 is 1.73 bits per heavy atom. The van der Waals surface area contributed by atoms with E-state index in [0.717, 1.165) is 6.54 Å². The van der Waals surface area contributed by atoms with Gasteiger partial charge >= 0.3 is 0 Å². The predicted octanol–water partition coefficient (Wildman–Crippen LogP) is 1.59. The Kier molecular flexibility index (Phi) is 5.77. The van der Waals surface area contributed by atoms with E-state index in [2.05, 4.69) is 18.7 Å². The summed E-state index contributed by atoms with van der Waals surface area (Å²) in [5, 5.41) is -0.467. The maximum Gasteiger partial charge on any atom is 0.243 e. The van der Waals surface area contributed by atoms with E-state index >= 15 is 0 Å². The summed E-state index contributed by atoms with van der Waals surface area (Å²) in [7, 11) is -6.76. The lowest BCUT2D eigenvalue weighted by molar-refractivity contribution is 0.163. The predicted molar refractivity (Wildman–Crippen MR) is 102 cm³/mol. The molecule has 0 N–H and O–H groups in total. The Balaban J connectivity index is 1.85. The molecule has 6 nitrogen and oxygen atoms in total. The van der Waals surface area contributed by atoms with E-state index in [0.29, 0.717) is 31.8 Å². The highest BCUT2D eigenvalue weighted by atomic mass is 32.2. The maximum absolute atomic E-state index is 12.9. The van der Waals surface area contributed by atoms with Gasteiger partial charge in [-0.1, -0.05) is 32.0 Å². The van der Waals surface area contributed by atoms with Crippen molar-refractivity contribution in [2.45, 2.75) is 42.9 Å². The van der Waals surface area contributed by atoms with Crippen LogP contribution in [0.15, 0.2) is 35.2 Å². The van der Waals surface area contributed by atoms with E-state index in [1.54, 1.807) is 30.3 Å². The van der Waals surface area contributed by atoms with E-state index in [-0.39, 0.29) is 23.2 Å². The third-order valence-corrected chi connectivity index (χ3v) is 9.48. The largest absolute Gasteiger partial charge is 0.298 e. The number of fused-ring (bicyclic) bond motifs is 1. The first-order valence-electron chi connectivity index (χ1n) is 9.22. The summed E-state index contributed by atoms with van der Waals surface area (Å²) in [6.45, 7) is 6.27. The molecule has 1 aromatic carbocycles. The van der Waals surface area contributed by atoms with Crippen LogP contribution in [-0.2, 0) is 19.9 Å². The van der Waals surface area contributed by atoms with Crippen molar-refractivity contribution >= 4 is 19.9 Å². The van der Waals surface area contributed by atoms with Crippen LogP contribution < -0.4 is 0 Å². The lowest BCUT2D eigenvalue weighted by Crippen LogP contribution is -2.55. The molecule has 0 spiro atoms. The van der Waals surface area contributed by atoms with Crippen molar-refractivity contribution in [2.75, 3.05) is 31.9 Å². The van der Waals surface area contributed by atoms with Gasteiger partial charge in [-0.2, -0.15) is 4.31 Å². The summed E-state index contributed by atoms with van der Waals surface area (Å²) in [5.41, 5.74) is 0. The summed E-state index contributed by atoms with van der Waals surface area (Å²) in [6.07, 6.45) is 0.927. The third kappa shape index (κ3) is 3.98. The molecule has 0 saturated carbocycles. The van der Waals surface area contributed by atoms with Crippen LogP contribution in [0.25, 0.3) is 0 Å². The Morgan fingerprint density at radius 3 is 2.38 bits per heavy atom. The van der Waals surface area contributed by atoms with Gasteiger partial charge < -0.3 is 0 Å². The second-order valence-corrected chi connectivity index (χ2v) is 11.9. The van der Waals surface area contributed by atoms with E-state index in [9.17, 15) is 16.8 Å². The minimum Gasteiger partial charge on any atom is -0.298 e. The number of rotatable bonds is 4. The number of sulfonamides is 1. The summed E-state index contributed by atoms with van der Waals surface area (Å²) in [4.78, 5) is 2.53. The van der Waals surface area contributed by atoms with E-state index in [1.165, 1.54) is 4.31 Å². The Labute approximate surface area is 157 Å². The summed E-state index contributed by atoms with van der Waals surface area (Å²) in [6, 6.07) is 8.29. The standard InChI is InChI=1S/C18H28N2O4S2/c1-15(2)14-19-12-13-25(21,22)18-9-11-20(10-8-17(18)19)26(23,24)16-6-4-3-5-7-16/h3-7,15,17-18H,8-14H2,1-2H3/t17-,18+/m0/s1. The van der Waals surface area contributed by atoms with Gasteiger partial charge in [0, 0.05) is 32.2 Å². The Bertz CT molecular complexity index is 822. The van der Waals surface area contributed by atoms with Crippen molar-refractivity contribution in [1.82, 2.24) is 9.21 Å². The molecular formula is C18H28N2O4S2. The van der Waals surface area contributed by atoms with Crippen molar-refractivity contribution in [3.05, 3.63) is 30.3 Å². The molecule has 2 heterocycles. The van der Waals surface area contributed by atoms with Crippen molar-refractivity contribution in [3.8, 4) is 0 Å². The molecule has 0 amide bonds. The van der Waals surface area contributed by atoms with Gasteiger partial charge in [-0.3, -0.25) is 4.90 Å². The van der Waals surface area contributed by atoms with Crippen molar-refractivity contribution < 1.29 is 16.8 Å². The number of benzene rings is 1. The molecule has 0 bridgehead atoms. The van der Waals surface area contributed by atoms with Crippen LogP contribution in [0.3, 0.4) is 0 Å². The highest BCUT2D eigenvalue weighted by molar-refractivity contribution is 7.92. The van der Waals surface area contributed by atoms with E-state index in [1.807, 2.05) is 0 Å². The molecule has 2 aliphatic rings. The van der Waals surface area contributed by atoms with Crippen molar-refractivity contribution in [2.24, 2.45) is 5.92 Å². The van der Waals surface area contributed by atoms with Gasteiger partial charge in [0.05, 0.1) is 15.9 Å². The smallest absolute Gasteiger partial charge is 0.243 e. The van der Waals surface area contributed by atoms with Gasteiger partial charge in [0.25, 0.3) is 0 Å². The van der Waals surface area contributed by atoms with Gasteiger partial charge in [0.15, 0.2) is 9.84 Å². The second kappa shape index (κ2) is 7.58. The highest BCUT2D eigenvalue weighted by Crippen LogP contribution is 2.30. The van der Waals surface area contributed by atoms with Gasteiger partial charge in [-0.15, -0.1) is 0 Å². The van der Waals surface area contributed by atoms with Gasteiger partial charge in [-0.05, 0) is 30.9 Å². The van der Waals surface area contributed by atoms with Crippen molar-refractivity contribution in [1.29, 1.82) is 0 Å². The van der Waals surface area contributed by atoms with E-state index < -0.39 is 25.1 Å². The van der Waals surface area contributed by atoms with Crippen LogP contribution in [0, 0.1) is 5.92 Å². The third-order valence-electron chi connectivity index (χ3n) is 5.34. The molecule has 3 rings (SSSR count). The van der Waals surface area contributed by atoms with Crippen LogP contribution in [-0.4, -0.2) is 69.3 Å². The summed E-state index contributed by atoms with van der Waals surface area (Å²) in [5.74, 6) is 0.621. The molecule has 2 saturated heterocycles. The molecule has 26 heavy (non-hydrogen) atoms. The summed E-state index contributed by atoms with van der Waals surface area (Å²) >= 11 is 0. The molecule has 2 atom stereocenters. The number of nitrogens with zero attached hydrogens (tertiary/aromatic N) is 2. The first kappa shape index (κ1) is 19.8. The fourth-order valence-corrected chi connectivity index (χ4v) is 7.65. The molecular weight excluding hydrogens is 372 g/mol. The Hall–Kier alpha value is -0.960. The minimum atomic E-state index is -3.59. The zero-order chi connectivity index (χ0) is 18.9. The normalized spacial score (nSPS) is 27.8. The number of sulfone groups is 1. The highest BCUT2D eigenvalue weighted by Gasteiger charge is 2.44. The molecule has 146 valence electrons. The molecule has 0 radical (unpaired) electrons. The Morgan fingerprint density at radius 1 is 1.08 bits per heavy atom. The lowest BCUT2D eigenvalue weighted by atomic mass is 10.0. The number of hydrogen-bond acceptors (Lipinski definition) is 5. The minimum absolute atomic E-state index is 0.0906. The van der Waals surface area contributed by atoms with Crippen molar-refractivity contribution in [3.63, 3.8) is 0 Å². The van der Waals surface area contributed by atoms with Crippen LogP contribution in [0.4, 0.5) is 0 Å². The maximum atomic E-state index is 12.9. The summed E-state index contributed by atoms with van der Waals surface area (Å²) < 4.78 is 52.6. The van der Waals surface area contributed by atoms with E-state index in [4.69, 9.17) is 0 Å². The molecule has 1 aromatic rings. The van der Waals surface area contributed by atoms with Crippen LogP contribution in [0.5, 0.6) is 0 Å². The fraction of sp³-hybridized carbons (Fsp3) is 0.667.